The van der Waals surface area contributed by atoms with Gasteiger partial charge in [-0.15, -0.1) is 10.2 Å². The monoisotopic (exact) mass is 398 g/mol. The first-order chi connectivity index (χ1) is 13.7. The molecule has 29 heavy (non-hydrogen) atoms. The number of rotatable bonds is 3. The summed E-state index contributed by atoms with van der Waals surface area (Å²) in [6.45, 7) is 1.76. The maximum Gasteiger partial charge on any atom is 0.416 e. The Hall–Kier alpha value is -3.42. The number of hydrogen-bond acceptors (Lipinski definition) is 3. The van der Waals surface area contributed by atoms with Gasteiger partial charge in [-0.25, -0.2) is 0 Å². The number of alkyl halides is 3. The molecule has 4 aromatic rings. The summed E-state index contributed by atoms with van der Waals surface area (Å²) < 4.78 is 41.6. The van der Waals surface area contributed by atoms with E-state index in [1.165, 1.54) is 16.7 Å². The van der Waals surface area contributed by atoms with Crippen LogP contribution in [-0.2, 0) is 19.6 Å². The first-order valence-electron chi connectivity index (χ1n) is 8.90. The lowest BCUT2D eigenvalue weighted by atomic mass is 10.1. The zero-order valence-corrected chi connectivity index (χ0v) is 15.7. The molecule has 0 amide bonds. The van der Waals surface area contributed by atoms with Crippen molar-refractivity contribution in [1.29, 1.82) is 0 Å². The summed E-state index contributed by atoms with van der Waals surface area (Å²) in [5.41, 5.74) is 2.85. The number of benzene rings is 1. The molecule has 8 heteroatoms. The zero-order chi connectivity index (χ0) is 20.8. The van der Waals surface area contributed by atoms with Crippen LogP contribution in [0.2, 0.25) is 0 Å². The molecule has 0 unspecified atom stereocenters. The minimum Gasteiger partial charge on any atom is -0.318 e. The minimum atomic E-state index is -4.36. The quantitative estimate of drug-likeness (QED) is 0.524. The highest BCUT2D eigenvalue weighted by Crippen LogP contribution is 2.29. The van der Waals surface area contributed by atoms with E-state index < -0.39 is 11.7 Å². The van der Waals surface area contributed by atoms with Crippen molar-refractivity contribution in [2.24, 2.45) is 7.05 Å². The van der Waals surface area contributed by atoms with E-state index in [4.69, 9.17) is 0 Å². The molecule has 0 saturated heterocycles. The van der Waals surface area contributed by atoms with E-state index in [1.807, 2.05) is 28.8 Å². The van der Waals surface area contributed by atoms with Gasteiger partial charge in [0.15, 0.2) is 5.65 Å². The van der Waals surface area contributed by atoms with Crippen molar-refractivity contribution in [1.82, 2.24) is 19.2 Å². The van der Waals surface area contributed by atoms with Crippen molar-refractivity contribution in [2.75, 3.05) is 0 Å². The second-order valence-corrected chi connectivity index (χ2v) is 6.93. The Kier molecular flexibility index (Phi) is 4.49. The van der Waals surface area contributed by atoms with Crippen LogP contribution in [0.1, 0.15) is 22.5 Å². The zero-order valence-electron chi connectivity index (χ0n) is 15.7. The lowest BCUT2D eigenvalue weighted by molar-refractivity contribution is -0.137. The minimum absolute atomic E-state index is 0.0647. The average molecular weight is 398 g/mol. The van der Waals surface area contributed by atoms with Crippen LogP contribution in [0.5, 0.6) is 0 Å². The van der Waals surface area contributed by atoms with Gasteiger partial charge in [0.25, 0.3) is 5.56 Å². The summed E-state index contributed by atoms with van der Waals surface area (Å²) in [4.78, 5) is 12.0. The van der Waals surface area contributed by atoms with Gasteiger partial charge >= 0.3 is 6.18 Å². The molecular weight excluding hydrogens is 381 g/mol. The van der Waals surface area contributed by atoms with Crippen LogP contribution in [0, 0.1) is 6.92 Å². The van der Waals surface area contributed by atoms with Crippen molar-refractivity contribution in [3.8, 4) is 11.1 Å². The SMILES string of the molecule is Cc1cc(-c2cccn3c(Cc4ccc(C(F)(F)F)cc4)nnc23)cn(C)c1=O. The number of hydrogen-bond donors (Lipinski definition) is 0. The van der Waals surface area contributed by atoms with Crippen molar-refractivity contribution in [3.63, 3.8) is 0 Å². The Labute approximate surface area is 164 Å². The number of aromatic nitrogens is 4. The van der Waals surface area contributed by atoms with E-state index >= 15 is 0 Å². The predicted molar refractivity (Wildman–Crippen MR) is 103 cm³/mol. The number of fused-ring (bicyclic) bond motifs is 1. The maximum atomic E-state index is 12.7. The summed E-state index contributed by atoms with van der Waals surface area (Å²) in [7, 11) is 1.69. The van der Waals surface area contributed by atoms with Crippen LogP contribution >= 0.6 is 0 Å². The predicted octanol–water partition coefficient (Wildman–Crippen LogP) is 4.01. The molecule has 0 atom stereocenters. The number of pyridine rings is 2. The van der Waals surface area contributed by atoms with E-state index in [1.54, 1.807) is 20.2 Å². The Bertz CT molecular complexity index is 1230. The summed E-state index contributed by atoms with van der Waals surface area (Å²) >= 11 is 0. The van der Waals surface area contributed by atoms with E-state index in [-0.39, 0.29) is 5.56 Å². The summed E-state index contributed by atoms with van der Waals surface area (Å²) in [6.07, 6.45) is -0.458. The van der Waals surface area contributed by atoms with Gasteiger partial charge in [-0.3, -0.25) is 9.20 Å². The normalized spacial score (nSPS) is 11.9. The Morgan fingerprint density at radius 3 is 2.45 bits per heavy atom. The van der Waals surface area contributed by atoms with Gasteiger partial charge in [0.2, 0.25) is 0 Å². The van der Waals surface area contributed by atoms with Crippen molar-refractivity contribution < 1.29 is 13.2 Å². The molecule has 0 saturated carbocycles. The Morgan fingerprint density at radius 1 is 1.07 bits per heavy atom. The van der Waals surface area contributed by atoms with E-state index in [0.29, 0.717) is 29.0 Å². The molecule has 0 bridgehead atoms. The lowest BCUT2D eigenvalue weighted by Gasteiger charge is -2.08. The van der Waals surface area contributed by atoms with Gasteiger partial charge in [-0.2, -0.15) is 13.2 Å². The summed E-state index contributed by atoms with van der Waals surface area (Å²) in [5, 5.41) is 8.51. The molecule has 0 aliphatic carbocycles. The molecule has 0 aliphatic heterocycles. The fourth-order valence-corrected chi connectivity index (χ4v) is 3.33. The molecule has 148 valence electrons. The fourth-order valence-electron chi connectivity index (χ4n) is 3.33. The number of nitrogens with zero attached hydrogens (tertiary/aromatic N) is 4. The van der Waals surface area contributed by atoms with Gasteiger partial charge in [-0.1, -0.05) is 12.1 Å². The highest BCUT2D eigenvalue weighted by atomic mass is 19.4. The molecule has 3 heterocycles. The molecule has 0 radical (unpaired) electrons. The van der Waals surface area contributed by atoms with Crippen molar-refractivity contribution in [3.05, 3.63) is 87.7 Å². The van der Waals surface area contributed by atoms with Gasteiger partial charge in [0.05, 0.1) is 5.56 Å². The maximum absolute atomic E-state index is 12.7. The van der Waals surface area contributed by atoms with E-state index in [2.05, 4.69) is 10.2 Å². The molecule has 3 aromatic heterocycles. The van der Waals surface area contributed by atoms with E-state index in [9.17, 15) is 18.0 Å². The largest absolute Gasteiger partial charge is 0.416 e. The topological polar surface area (TPSA) is 52.2 Å². The Balaban J connectivity index is 1.72. The van der Waals surface area contributed by atoms with Gasteiger partial charge < -0.3 is 4.57 Å². The fraction of sp³-hybridized carbons (Fsp3) is 0.190. The Morgan fingerprint density at radius 2 is 1.79 bits per heavy atom. The summed E-state index contributed by atoms with van der Waals surface area (Å²) in [5.74, 6) is 0.614. The van der Waals surface area contributed by atoms with Crippen LogP contribution in [0.15, 0.2) is 59.7 Å². The second kappa shape index (κ2) is 6.88. The highest BCUT2D eigenvalue weighted by molar-refractivity contribution is 5.77. The van der Waals surface area contributed by atoms with Crippen molar-refractivity contribution >= 4 is 5.65 Å². The molecule has 0 aliphatic rings. The van der Waals surface area contributed by atoms with Crippen LogP contribution in [0.4, 0.5) is 13.2 Å². The lowest BCUT2D eigenvalue weighted by Crippen LogP contribution is -2.18. The number of aryl methyl sites for hydroxylation is 2. The third-order valence-electron chi connectivity index (χ3n) is 4.82. The van der Waals surface area contributed by atoms with Gasteiger partial charge in [0, 0.05) is 42.6 Å². The molecular formula is C21H17F3N4O. The molecule has 0 fully saturated rings. The molecule has 0 spiro atoms. The third kappa shape index (κ3) is 3.53. The molecule has 4 rings (SSSR count). The smallest absolute Gasteiger partial charge is 0.318 e. The number of halogens is 3. The molecule has 0 N–H and O–H groups in total. The average Bonchev–Trinajstić information content (AvgIpc) is 3.08. The second-order valence-electron chi connectivity index (χ2n) is 6.93. The highest BCUT2D eigenvalue weighted by Gasteiger charge is 2.30. The third-order valence-corrected chi connectivity index (χ3v) is 4.82. The van der Waals surface area contributed by atoms with Crippen LogP contribution in [0.3, 0.4) is 0 Å². The van der Waals surface area contributed by atoms with Gasteiger partial charge in [-0.05, 0) is 42.8 Å². The van der Waals surface area contributed by atoms with Crippen molar-refractivity contribution in [2.45, 2.75) is 19.5 Å². The molecule has 1 aromatic carbocycles. The first kappa shape index (κ1) is 18.9. The standard InChI is InChI=1S/C21H17F3N4O/c1-13-10-15(12-27(2)20(13)29)17-4-3-9-28-18(25-26-19(17)28)11-14-5-7-16(8-6-14)21(22,23)24/h3-10,12H,11H2,1-2H3. The summed E-state index contributed by atoms with van der Waals surface area (Å²) in [6, 6.07) is 10.6. The molecule has 5 nitrogen and oxygen atoms in total. The van der Waals surface area contributed by atoms with Crippen LogP contribution in [-0.4, -0.2) is 19.2 Å². The van der Waals surface area contributed by atoms with Gasteiger partial charge in [0.1, 0.15) is 5.82 Å². The van der Waals surface area contributed by atoms with Crippen LogP contribution in [0.25, 0.3) is 16.8 Å². The first-order valence-corrected chi connectivity index (χ1v) is 8.90. The van der Waals surface area contributed by atoms with Crippen LogP contribution < -0.4 is 5.56 Å². The van der Waals surface area contributed by atoms with E-state index in [0.717, 1.165) is 23.3 Å².